The number of aryl methyl sites for hydroxylation is 2. The third-order valence-corrected chi connectivity index (χ3v) is 3.41. The van der Waals surface area contributed by atoms with E-state index in [4.69, 9.17) is 0 Å². The van der Waals surface area contributed by atoms with E-state index in [1.807, 2.05) is 32.0 Å². The molecule has 0 aliphatic carbocycles. The highest BCUT2D eigenvalue weighted by atomic mass is 16.2. The zero-order valence-electron chi connectivity index (χ0n) is 10.7. The minimum Gasteiger partial charge on any atom is -0.355 e. The number of hydrogen-bond donors (Lipinski definition) is 2. The maximum Gasteiger partial charge on any atom is 0.229 e. The molecule has 1 atom stereocenters. The monoisotopic (exact) mass is 246 g/mol. The van der Waals surface area contributed by atoms with E-state index in [9.17, 15) is 9.59 Å². The molecule has 4 nitrogen and oxygen atoms in total. The Balaban J connectivity index is 1.98. The van der Waals surface area contributed by atoms with Crippen LogP contribution in [-0.2, 0) is 9.59 Å². The summed E-state index contributed by atoms with van der Waals surface area (Å²) < 4.78 is 0. The number of anilines is 1. The van der Waals surface area contributed by atoms with Gasteiger partial charge in [0.25, 0.3) is 0 Å². The summed E-state index contributed by atoms with van der Waals surface area (Å²) in [5.74, 6) is -0.104. The van der Waals surface area contributed by atoms with Gasteiger partial charge in [0.1, 0.15) is 0 Å². The van der Waals surface area contributed by atoms with Gasteiger partial charge in [0.05, 0.1) is 5.92 Å². The summed E-state index contributed by atoms with van der Waals surface area (Å²) in [7, 11) is 0. The lowest BCUT2D eigenvalue weighted by molar-refractivity contribution is -0.126. The molecule has 0 saturated carbocycles. The largest absolute Gasteiger partial charge is 0.355 e. The molecule has 2 N–H and O–H groups in total. The average Bonchev–Trinajstić information content (AvgIpc) is 2.34. The molecule has 1 fully saturated rings. The molecule has 0 aromatic heterocycles. The number of carbonyl (C=O) groups excluding carboxylic acids is 2. The van der Waals surface area contributed by atoms with Crippen molar-refractivity contribution < 1.29 is 9.59 Å². The van der Waals surface area contributed by atoms with Crippen LogP contribution in [0.4, 0.5) is 5.69 Å². The van der Waals surface area contributed by atoms with E-state index in [0.717, 1.165) is 11.3 Å². The molecular weight excluding hydrogens is 228 g/mol. The van der Waals surface area contributed by atoms with E-state index in [1.54, 1.807) is 0 Å². The standard InChI is InChI=1S/C14H18N2O2/c1-9-3-5-12(7-10(9)2)16-14(18)11-4-6-13(17)15-8-11/h3,5,7,11H,4,6,8H2,1-2H3,(H,15,17)(H,16,18). The van der Waals surface area contributed by atoms with Gasteiger partial charge in [-0.1, -0.05) is 6.07 Å². The summed E-state index contributed by atoms with van der Waals surface area (Å²) >= 11 is 0. The quantitative estimate of drug-likeness (QED) is 0.835. The van der Waals surface area contributed by atoms with Crippen molar-refractivity contribution in [2.45, 2.75) is 26.7 Å². The van der Waals surface area contributed by atoms with E-state index in [-0.39, 0.29) is 17.7 Å². The minimum atomic E-state index is -0.121. The van der Waals surface area contributed by atoms with Crippen LogP contribution in [0.25, 0.3) is 0 Å². The summed E-state index contributed by atoms with van der Waals surface area (Å²) in [4.78, 5) is 23.0. The third kappa shape index (κ3) is 2.88. The predicted molar refractivity (Wildman–Crippen MR) is 70.3 cm³/mol. The Bertz CT molecular complexity index is 473. The molecule has 1 unspecified atom stereocenters. The van der Waals surface area contributed by atoms with Crippen LogP contribution in [0.15, 0.2) is 18.2 Å². The highest BCUT2D eigenvalue weighted by molar-refractivity contribution is 5.94. The fourth-order valence-electron chi connectivity index (χ4n) is 2.02. The molecule has 96 valence electrons. The first-order valence-electron chi connectivity index (χ1n) is 6.21. The zero-order chi connectivity index (χ0) is 13.1. The van der Waals surface area contributed by atoms with Gasteiger partial charge in [-0.25, -0.2) is 0 Å². The number of hydrogen-bond acceptors (Lipinski definition) is 2. The molecule has 18 heavy (non-hydrogen) atoms. The van der Waals surface area contributed by atoms with Crippen molar-refractivity contribution >= 4 is 17.5 Å². The number of piperidine rings is 1. The number of carbonyl (C=O) groups is 2. The normalized spacial score (nSPS) is 19.2. The van der Waals surface area contributed by atoms with Crippen molar-refractivity contribution in [3.8, 4) is 0 Å². The highest BCUT2D eigenvalue weighted by Crippen LogP contribution is 2.17. The van der Waals surface area contributed by atoms with Gasteiger partial charge in [-0.2, -0.15) is 0 Å². The lowest BCUT2D eigenvalue weighted by Gasteiger charge is -2.21. The van der Waals surface area contributed by atoms with Crippen LogP contribution < -0.4 is 10.6 Å². The molecule has 1 saturated heterocycles. The van der Waals surface area contributed by atoms with Gasteiger partial charge < -0.3 is 10.6 Å². The first-order chi connectivity index (χ1) is 8.56. The Kier molecular flexibility index (Phi) is 3.65. The van der Waals surface area contributed by atoms with E-state index in [1.165, 1.54) is 5.56 Å². The van der Waals surface area contributed by atoms with Crippen molar-refractivity contribution in [1.82, 2.24) is 5.32 Å². The number of rotatable bonds is 2. The lowest BCUT2D eigenvalue weighted by Crippen LogP contribution is -2.40. The second-order valence-electron chi connectivity index (χ2n) is 4.83. The van der Waals surface area contributed by atoms with Crippen molar-refractivity contribution in [3.05, 3.63) is 29.3 Å². The van der Waals surface area contributed by atoms with Crippen molar-refractivity contribution in [2.24, 2.45) is 5.92 Å². The van der Waals surface area contributed by atoms with Gasteiger partial charge in [0.2, 0.25) is 11.8 Å². The Labute approximate surface area is 107 Å². The summed E-state index contributed by atoms with van der Waals surface area (Å²) in [6.07, 6.45) is 1.06. The van der Waals surface area contributed by atoms with Gasteiger partial charge >= 0.3 is 0 Å². The second kappa shape index (κ2) is 5.21. The molecule has 1 aliphatic rings. The highest BCUT2D eigenvalue weighted by Gasteiger charge is 2.24. The molecule has 1 heterocycles. The van der Waals surface area contributed by atoms with E-state index >= 15 is 0 Å². The van der Waals surface area contributed by atoms with Crippen LogP contribution in [0.2, 0.25) is 0 Å². The van der Waals surface area contributed by atoms with Gasteiger partial charge in [-0.05, 0) is 43.5 Å². The first-order valence-corrected chi connectivity index (χ1v) is 6.21. The Hall–Kier alpha value is -1.84. The van der Waals surface area contributed by atoms with Crippen LogP contribution in [-0.4, -0.2) is 18.4 Å². The summed E-state index contributed by atoms with van der Waals surface area (Å²) in [5, 5.41) is 5.62. The van der Waals surface area contributed by atoms with Gasteiger partial charge in [0.15, 0.2) is 0 Å². The van der Waals surface area contributed by atoms with Crippen LogP contribution in [0.3, 0.4) is 0 Å². The smallest absolute Gasteiger partial charge is 0.229 e. The maximum absolute atomic E-state index is 12.0. The fourth-order valence-corrected chi connectivity index (χ4v) is 2.02. The lowest BCUT2D eigenvalue weighted by atomic mass is 9.98. The molecule has 1 aromatic carbocycles. The van der Waals surface area contributed by atoms with Gasteiger partial charge in [-0.15, -0.1) is 0 Å². The van der Waals surface area contributed by atoms with Crippen LogP contribution in [0, 0.1) is 19.8 Å². The van der Waals surface area contributed by atoms with Crippen molar-refractivity contribution in [2.75, 3.05) is 11.9 Å². The van der Waals surface area contributed by atoms with Crippen LogP contribution in [0.5, 0.6) is 0 Å². The average molecular weight is 246 g/mol. The molecule has 0 bridgehead atoms. The third-order valence-electron chi connectivity index (χ3n) is 3.41. The molecule has 4 heteroatoms. The molecular formula is C14H18N2O2. The van der Waals surface area contributed by atoms with E-state index < -0.39 is 0 Å². The Morgan fingerprint density at radius 1 is 1.33 bits per heavy atom. The molecule has 1 aliphatic heterocycles. The molecule has 1 aromatic rings. The zero-order valence-corrected chi connectivity index (χ0v) is 10.7. The predicted octanol–water partition coefficient (Wildman–Crippen LogP) is 1.77. The Morgan fingerprint density at radius 2 is 2.11 bits per heavy atom. The fraction of sp³-hybridized carbons (Fsp3) is 0.429. The van der Waals surface area contributed by atoms with Crippen LogP contribution >= 0.6 is 0 Å². The van der Waals surface area contributed by atoms with E-state index in [0.29, 0.717) is 19.4 Å². The number of amides is 2. The van der Waals surface area contributed by atoms with Gasteiger partial charge in [-0.3, -0.25) is 9.59 Å². The molecule has 0 spiro atoms. The molecule has 2 rings (SSSR count). The summed E-state index contributed by atoms with van der Waals surface area (Å²) in [6.45, 7) is 4.50. The van der Waals surface area contributed by atoms with Crippen molar-refractivity contribution in [1.29, 1.82) is 0 Å². The topological polar surface area (TPSA) is 58.2 Å². The number of benzene rings is 1. The summed E-state index contributed by atoms with van der Waals surface area (Å²) in [6, 6.07) is 5.86. The molecule has 0 radical (unpaired) electrons. The second-order valence-corrected chi connectivity index (χ2v) is 4.83. The first kappa shape index (κ1) is 12.6. The number of nitrogens with one attached hydrogen (secondary N) is 2. The maximum atomic E-state index is 12.0. The SMILES string of the molecule is Cc1ccc(NC(=O)C2CCC(=O)NC2)cc1C. The van der Waals surface area contributed by atoms with Gasteiger partial charge in [0, 0.05) is 18.7 Å². The molecule has 2 amide bonds. The Morgan fingerprint density at radius 3 is 2.72 bits per heavy atom. The van der Waals surface area contributed by atoms with E-state index in [2.05, 4.69) is 10.6 Å². The minimum absolute atomic E-state index is 0.0155. The van der Waals surface area contributed by atoms with Crippen LogP contribution in [0.1, 0.15) is 24.0 Å². The van der Waals surface area contributed by atoms with Crippen molar-refractivity contribution in [3.63, 3.8) is 0 Å². The summed E-state index contributed by atoms with van der Waals surface area (Å²) in [5.41, 5.74) is 3.18.